The summed E-state index contributed by atoms with van der Waals surface area (Å²) in [6.45, 7) is 3.63. The van der Waals surface area contributed by atoms with Crippen molar-refractivity contribution in [1.29, 1.82) is 0 Å². The standard InChI is InChI=1S/C19H23N3O3.HI/c1-13-4-5-14(8-17(13)23-3)10-21-19(20-2)22-11-15-6-7-16-18(9-15)25-12-24-16;/h4-9H,10-12H2,1-3H3,(H2,20,21,22);1H. The highest BCUT2D eigenvalue weighted by molar-refractivity contribution is 14.0. The number of ether oxygens (including phenoxy) is 3. The first-order valence-corrected chi connectivity index (χ1v) is 8.16. The van der Waals surface area contributed by atoms with Gasteiger partial charge in [-0.1, -0.05) is 18.2 Å². The minimum Gasteiger partial charge on any atom is -0.496 e. The molecule has 0 atom stereocenters. The Kier molecular flexibility index (Phi) is 7.38. The van der Waals surface area contributed by atoms with Gasteiger partial charge in [-0.3, -0.25) is 4.99 Å². The van der Waals surface area contributed by atoms with Crippen molar-refractivity contribution >= 4 is 29.9 Å². The van der Waals surface area contributed by atoms with E-state index in [4.69, 9.17) is 14.2 Å². The fraction of sp³-hybridized carbons (Fsp3) is 0.316. The van der Waals surface area contributed by atoms with Crippen molar-refractivity contribution in [1.82, 2.24) is 10.6 Å². The summed E-state index contributed by atoms with van der Waals surface area (Å²) in [6.07, 6.45) is 0. The lowest BCUT2D eigenvalue weighted by atomic mass is 10.1. The van der Waals surface area contributed by atoms with Gasteiger partial charge in [0.2, 0.25) is 6.79 Å². The molecule has 0 unspecified atom stereocenters. The summed E-state index contributed by atoms with van der Waals surface area (Å²) in [4.78, 5) is 4.26. The maximum Gasteiger partial charge on any atom is 0.231 e. The Balaban J connectivity index is 0.00000243. The normalized spacial score (nSPS) is 12.3. The molecule has 0 amide bonds. The van der Waals surface area contributed by atoms with E-state index in [1.165, 1.54) is 0 Å². The molecule has 0 spiro atoms. The van der Waals surface area contributed by atoms with Crippen LogP contribution in [-0.4, -0.2) is 26.9 Å². The van der Waals surface area contributed by atoms with Crippen molar-refractivity contribution in [3.05, 3.63) is 53.1 Å². The quantitative estimate of drug-likeness (QED) is 0.400. The smallest absolute Gasteiger partial charge is 0.231 e. The van der Waals surface area contributed by atoms with Crippen LogP contribution in [0.4, 0.5) is 0 Å². The van der Waals surface area contributed by atoms with Gasteiger partial charge in [-0.15, -0.1) is 24.0 Å². The summed E-state index contributed by atoms with van der Waals surface area (Å²) >= 11 is 0. The molecule has 0 aromatic heterocycles. The van der Waals surface area contributed by atoms with Gasteiger partial charge in [0, 0.05) is 20.1 Å². The third kappa shape index (κ3) is 4.94. The number of nitrogens with one attached hydrogen (secondary N) is 2. The van der Waals surface area contributed by atoms with Gasteiger partial charge in [-0.2, -0.15) is 0 Å². The molecule has 3 rings (SSSR count). The van der Waals surface area contributed by atoms with Gasteiger partial charge < -0.3 is 24.8 Å². The van der Waals surface area contributed by atoms with E-state index < -0.39 is 0 Å². The third-order valence-corrected chi connectivity index (χ3v) is 4.05. The first kappa shape index (κ1) is 20.2. The highest BCUT2D eigenvalue weighted by Crippen LogP contribution is 2.32. The van der Waals surface area contributed by atoms with Crippen LogP contribution in [0.5, 0.6) is 17.2 Å². The number of hydrogen-bond acceptors (Lipinski definition) is 4. The van der Waals surface area contributed by atoms with Crippen LogP contribution in [0.25, 0.3) is 0 Å². The van der Waals surface area contributed by atoms with Crippen molar-refractivity contribution in [3.8, 4) is 17.2 Å². The Labute approximate surface area is 171 Å². The van der Waals surface area contributed by atoms with Gasteiger partial charge in [-0.05, 0) is 41.8 Å². The molecule has 1 aliphatic rings. The minimum absolute atomic E-state index is 0. The molecule has 0 aliphatic carbocycles. The number of aryl methyl sites for hydroxylation is 1. The molecular formula is C19H24IN3O3. The molecule has 26 heavy (non-hydrogen) atoms. The topological polar surface area (TPSA) is 64.1 Å². The molecular weight excluding hydrogens is 445 g/mol. The summed E-state index contributed by atoms with van der Waals surface area (Å²) in [5.41, 5.74) is 3.36. The largest absolute Gasteiger partial charge is 0.496 e. The second kappa shape index (κ2) is 9.51. The van der Waals surface area contributed by atoms with Crippen LogP contribution < -0.4 is 24.8 Å². The molecule has 0 fully saturated rings. The van der Waals surface area contributed by atoms with E-state index in [1.807, 2.05) is 31.2 Å². The molecule has 2 aromatic carbocycles. The van der Waals surface area contributed by atoms with E-state index in [9.17, 15) is 0 Å². The number of nitrogens with zero attached hydrogens (tertiary/aromatic N) is 1. The summed E-state index contributed by atoms with van der Waals surface area (Å²) in [5.74, 6) is 3.20. The van der Waals surface area contributed by atoms with Crippen molar-refractivity contribution in [2.45, 2.75) is 20.0 Å². The maximum absolute atomic E-state index is 5.40. The summed E-state index contributed by atoms with van der Waals surface area (Å²) in [7, 11) is 3.44. The van der Waals surface area contributed by atoms with Gasteiger partial charge in [0.15, 0.2) is 17.5 Å². The van der Waals surface area contributed by atoms with Crippen molar-refractivity contribution < 1.29 is 14.2 Å². The average molecular weight is 469 g/mol. The molecule has 6 nitrogen and oxygen atoms in total. The predicted octanol–water partition coefficient (Wildman–Crippen LogP) is 3.22. The lowest BCUT2D eigenvalue weighted by Crippen LogP contribution is -2.36. The van der Waals surface area contributed by atoms with Crippen molar-refractivity contribution in [2.75, 3.05) is 21.0 Å². The van der Waals surface area contributed by atoms with E-state index in [2.05, 4.69) is 27.8 Å². The molecule has 0 radical (unpaired) electrons. The van der Waals surface area contributed by atoms with Gasteiger partial charge in [0.05, 0.1) is 7.11 Å². The number of benzene rings is 2. The van der Waals surface area contributed by atoms with Crippen molar-refractivity contribution in [3.63, 3.8) is 0 Å². The second-order valence-electron chi connectivity index (χ2n) is 5.77. The highest BCUT2D eigenvalue weighted by atomic mass is 127. The molecule has 0 bridgehead atoms. The molecule has 2 aromatic rings. The fourth-order valence-electron chi connectivity index (χ4n) is 2.62. The lowest BCUT2D eigenvalue weighted by molar-refractivity contribution is 0.174. The maximum atomic E-state index is 5.40. The predicted molar refractivity (Wildman–Crippen MR) is 113 cm³/mol. The molecule has 2 N–H and O–H groups in total. The highest BCUT2D eigenvalue weighted by Gasteiger charge is 2.13. The number of methoxy groups -OCH3 is 1. The Bertz CT molecular complexity index is 764. The summed E-state index contributed by atoms with van der Waals surface area (Å²) < 4.78 is 16.1. The zero-order valence-corrected chi connectivity index (χ0v) is 17.5. The van der Waals surface area contributed by atoms with E-state index in [1.54, 1.807) is 14.2 Å². The van der Waals surface area contributed by atoms with Gasteiger partial charge >= 0.3 is 0 Å². The Hall–Kier alpha value is -2.16. The fourth-order valence-corrected chi connectivity index (χ4v) is 2.62. The number of rotatable bonds is 5. The molecule has 1 heterocycles. The first-order chi connectivity index (χ1) is 12.2. The molecule has 0 saturated carbocycles. The van der Waals surface area contributed by atoms with E-state index in [-0.39, 0.29) is 30.8 Å². The monoisotopic (exact) mass is 469 g/mol. The third-order valence-electron chi connectivity index (χ3n) is 4.05. The summed E-state index contributed by atoms with van der Waals surface area (Å²) in [6, 6.07) is 12.1. The van der Waals surface area contributed by atoms with E-state index in [0.717, 1.165) is 39.9 Å². The van der Waals surface area contributed by atoms with Gasteiger partial charge in [0.1, 0.15) is 5.75 Å². The Morgan fingerprint density at radius 2 is 1.69 bits per heavy atom. The van der Waals surface area contributed by atoms with E-state index >= 15 is 0 Å². The zero-order valence-electron chi connectivity index (χ0n) is 15.2. The van der Waals surface area contributed by atoms with Crippen LogP contribution in [0.15, 0.2) is 41.4 Å². The van der Waals surface area contributed by atoms with Crippen LogP contribution in [0.2, 0.25) is 0 Å². The number of halogens is 1. The number of aliphatic imine (C=N–C) groups is 1. The zero-order chi connectivity index (χ0) is 17.6. The Morgan fingerprint density at radius 3 is 2.38 bits per heavy atom. The molecule has 7 heteroatoms. The second-order valence-corrected chi connectivity index (χ2v) is 5.77. The van der Waals surface area contributed by atoms with Gasteiger partial charge in [-0.25, -0.2) is 0 Å². The van der Waals surface area contributed by atoms with E-state index in [0.29, 0.717) is 13.1 Å². The number of hydrogen-bond donors (Lipinski definition) is 2. The van der Waals surface area contributed by atoms with Crippen LogP contribution in [0, 0.1) is 6.92 Å². The number of guanidine groups is 1. The van der Waals surface area contributed by atoms with Crippen LogP contribution >= 0.6 is 24.0 Å². The molecule has 0 saturated heterocycles. The average Bonchev–Trinajstić information content (AvgIpc) is 3.10. The Morgan fingerprint density at radius 1 is 1.04 bits per heavy atom. The lowest BCUT2D eigenvalue weighted by Gasteiger charge is -2.13. The molecule has 1 aliphatic heterocycles. The SMILES string of the molecule is CN=C(NCc1ccc(C)c(OC)c1)NCc1ccc2c(c1)OCO2.I. The first-order valence-electron chi connectivity index (χ1n) is 8.16. The molecule has 140 valence electrons. The van der Waals surface area contributed by atoms with Crippen LogP contribution in [0.1, 0.15) is 16.7 Å². The summed E-state index contributed by atoms with van der Waals surface area (Å²) in [5, 5.41) is 6.60. The minimum atomic E-state index is 0. The van der Waals surface area contributed by atoms with Crippen molar-refractivity contribution in [2.24, 2.45) is 4.99 Å². The van der Waals surface area contributed by atoms with Crippen LogP contribution in [-0.2, 0) is 13.1 Å². The number of fused-ring (bicyclic) bond motifs is 1. The van der Waals surface area contributed by atoms with Gasteiger partial charge in [0.25, 0.3) is 0 Å². The van der Waals surface area contributed by atoms with Crippen LogP contribution in [0.3, 0.4) is 0 Å².